The first-order valence-corrected chi connectivity index (χ1v) is 10.6. The number of carbonyl (C=O) groups is 2. The van der Waals surface area contributed by atoms with Crippen LogP contribution in [0.4, 0.5) is 5.69 Å². The second-order valence-corrected chi connectivity index (χ2v) is 7.51. The number of benzene rings is 2. The molecule has 4 rings (SSSR count). The van der Waals surface area contributed by atoms with E-state index in [1.807, 2.05) is 30.3 Å². The number of pyridine rings is 1. The van der Waals surface area contributed by atoms with Crippen molar-refractivity contribution in [3.05, 3.63) is 119 Å². The minimum atomic E-state index is -0.373. The number of furan rings is 1. The molecule has 2 aromatic carbocycles. The number of nitrogens with zero attached hydrogens (tertiary/aromatic N) is 1. The monoisotopic (exact) mass is 457 g/mol. The molecule has 2 aromatic heterocycles. The highest BCUT2D eigenvalue weighted by molar-refractivity contribution is 6.02. The molecule has 0 aliphatic heterocycles. The number of aromatic nitrogens is 1. The maximum Gasteiger partial charge on any atom is 0.291 e. The van der Waals surface area contributed by atoms with Gasteiger partial charge in [0.2, 0.25) is 0 Å². The van der Waals surface area contributed by atoms with Crippen molar-refractivity contribution in [3.8, 4) is 5.75 Å². The van der Waals surface area contributed by atoms with Crippen LogP contribution in [-0.2, 0) is 17.9 Å². The molecule has 0 spiro atoms. The standard InChI is InChI=1S/C26H23N3O5/c30-24(18-34-22-6-3-5-21(15-22)28-26(32)23-7-4-14-33-23)27-16-19-9-11-20(12-10-19)17-29-13-2-1-8-25(29)31/h1-15H,16-18H2,(H,27,30)(H,28,32). The minimum Gasteiger partial charge on any atom is -0.484 e. The average molecular weight is 457 g/mol. The molecule has 8 heteroatoms. The number of rotatable bonds is 9. The van der Waals surface area contributed by atoms with Gasteiger partial charge < -0.3 is 24.4 Å². The summed E-state index contributed by atoms with van der Waals surface area (Å²) in [5, 5.41) is 5.52. The Morgan fingerprint density at radius 3 is 2.50 bits per heavy atom. The van der Waals surface area contributed by atoms with Gasteiger partial charge in [0.05, 0.1) is 12.8 Å². The van der Waals surface area contributed by atoms with Crippen molar-refractivity contribution in [1.29, 1.82) is 0 Å². The molecule has 4 aromatic rings. The molecular formula is C26H23N3O5. The van der Waals surface area contributed by atoms with Crippen molar-refractivity contribution < 1.29 is 18.7 Å². The second kappa shape index (κ2) is 10.8. The molecule has 2 heterocycles. The Kier molecular flexibility index (Phi) is 7.19. The van der Waals surface area contributed by atoms with E-state index in [0.717, 1.165) is 11.1 Å². The summed E-state index contributed by atoms with van der Waals surface area (Å²) in [5.74, 6) is 0.00675. The Morgan fingerprint density at radius 1 is 0.912 bits per heavy atom. The lowest BCUT2D eigenvalue weighted by Gasteiger charge is -2.10. The van der Waals surface area contributed by atoms with Crippen LogP contribution in [-0.4, -0.2) is 23.0 Å². The maximum atomic E-state index is 12.2. The lowest BCUT2D eigenvalue weighted by molar-refractivity contribution is -0.123. The van der Waals surface area contributed by atoms with Crippen LogP contribution < -0.4 is 20.9 Å². The Morgan fingerprint density at radius 2 is 1.74 bits per heavy atom. The van der Waals surface area contributed by atoms with Crippen LogP contribution in [0.2, 0.25) is 0 Å². The van der Waals surface area contributed by atoms with E-state index >= 15 is 0 Å². The van der Waals surface area contributed by atoms with E-state index in [2.05, 4.69) is 10.6 Å². The smallest absolute Gasteiger partial charge is 0.291 e. The molecule has 34 heavy (non-hydrogen) atoms. The summed E-state index contributed by atoms with van der Waals surface area (Å²) in [4.78, 5) is 36.1. The molecule has 0 aliphatic carbocycles. The molecule has 0 saturated carbocycles. The van der Waals surface area contributed by atoms with Gasteiger partial charge >= 0.3 is 0 Å². The number of amides is 2. The zero-order chi connectivity index (χ0) is 23.8. The summed E-state index contributed by atoms with van der Waals surface area (Å²) in [6.45, 7) is 0.679. The van der Waals surface area contributed by atoms with E-state index in [4.69, 9.17) is 9.15 Å². The first-order valence-electron chi connectivity index (χ1n) is 10.6. The van der Waals surface area contributed by atoms with Gasteiger partial charge in [0, 0.05) is 30.6 Å². The van der Waals surface area contributed by atoms with Gasteiger partial charge in [-0.1, -0.05) is 36.4 Å². The Labute approximate surface area is 195 Å². The highest BCUT2D eigenvalue weighted by atomic mass is 16.5. The van der Waals surface area contributed by atoms with Crippen LogP contribution in [0.1, 0.15) is 21.7 Å². The van der Waals surface area contributed by atoms with Crippen LogP contribution in [0.25, 0.3) is 0 Å². The third-order valence-electron chi connectivity index (χ3n) is 4.97. The number of hydrogen-bond donors (Lipinski definition) is 2. The van der Waals surface area contributed by atoms with Crippen molar-refractivity contribution in [1.82, 2.24) is 9.88 Å². The fourth-order valence-electron chi connectivity index (χ4n) is 3.22. The maximum absolute atomic E-state index is 12.2. The number of hydrogen-bond acceptors (Lipinski definition) is 5. The van der Waals surface area contributed by atoms with Crippen LogP contribution in [0.3, 0.4) is 0 Å². The summed E-state index contributed by atoms with van der Waals surface area (Å²) in [6, 6.07) is 22.7. The SMILES string of the molecule is O=C(COc1cccc(NC(=O)c2ccco2)c1)NCc1ccc(Cn2ccccc2=O)cc1. The third-order valence-corrected chi connectivity index (χ3v) is 4.97. The molecule has 8 nitrogen and oxygen atoms in total. The zero-order valence-corrected chi connectivity index (χ0v) is 18.3. The van der Waals surface area contributed by atoms with Crippen molar-refractivity contribution in [2.75, 3.05) is 11.9 Å². The van der Waals surface area contributed by atoms with Gasteiger partial charge in [-0.05, 0) is 41.5 Å². The van der Waals surface area contributed by atoms with Crippen molar-refractivity contribution in [2.45, 2.75) is 13.1 Å². The molecule has 172 valence electrons. The first kappa shape index (κ1) is 22.6. The van der Waals surface area contributed by atoms with Gasteiger partial charge in [0.15, 0.2) is 12.4 Å². The lowest BCUT2D eigenvalue weighted by atomic mass is 10.1. The fraction of sp³-hybridized carbons (Fsp3) is 0.115. The first-order chi connectivity index (χ1) is 16.6. The van der Waals surface area contributed by atoms with Crippen LogP contribution in [0, 0.1) is 0 Å². The van der Waals surface area contributed by atoms with E-state index in [9.17, 15) is 14.4 Å². The average Bonchev–Trinajstić information content (AvgIpc) is 3.39. The topological polar surface area (TPSA) is 103 Å². The second-order valence-electron chi connectivity index (χ2n) is 7.51. The summed E-state index contributed by atoms with van der Waals surface area (Å²) in [7, 11) is 0. The quantitative estimate of drug-likeness (QED) is 0.401. The van der Waals surface area contributed by atoms with E-state index in [1.165, 1.54) is 12.3 Å². The lowest BCUT2D eigenvalue weighted by Crippen LogP contribution is -2.28. The largest absolute Gasteiger partial charge is 0.484 e. The molecule has 0 unspecified atom stereocenters. The number of anilines is 1. The van der Waals surface area contributed by atoms with Gasteiger partial charge in [-0.25, -0.2) is 0 Å². The van der Waals surface area contributed by atoms with Crippen molar-refractivity contribution in [2.24, 2.45) is 0 Å². The number of nitrogens with one attached hydrogen (secondary N) is 2. The highest BCUT2D eigenvalue weighted by Crippen LogP contribution is 2.18. The molecule has 0 bridgehead atoms. The number of ether oxygens (including phenoxy) is 1. The van der Waals surface area contributed by atoms with Gasteiger partial charge in [0.1, 0.15) is 5.75 Å². The van der Waals surface area contributed by atoms with Gasteiger partial charge in [-0.3, -0.25) is 14.4 Å². The molecule has 0 radical (unpaired) electrons. The predicted octanol–water partition coefficient (Wildman–Crippen LogP) is 3.44. The van der Waals surface area contributed by atoms with E-state index in [-0.39, 0.29) is 29.7 Å². The van der Waals surface area contributed by atoms with Crippen LogP contribution in [0.15, 0.2) is 101 Å². The summed E-state index contributed by atoms with van der Waals surface area (Å²) in [5.41, 5.74) is 2.40. The normalized spacial score (nSPS) is 10.5. The van der Waals surface area contributed by atoms with E-state index in [0.29, 0.717) is 24.5 Å². The van der Waals surface area contributed by atoms with Crippen molar-refractivity contribution in [3.63, 3.8) is 0 Å². The fourth-order valence-corrected chi connectivity index (χ4v) is 3.22. The zero-order valence-electron chi connectivity index (χ0n) is 18.3. The molecule has 2 N–H and O–H groups in total. The summed E-state index contributed by atoms with van der Waals surface area (Å²) in [6.07, 6.45) is 3.17. The molecule has 0 fully saturated rings. The predicted molar refractivity (Wildman–Crippen MR) is 127 cm³/mol. The minimum absolute atomic E-state index is 0.0516. The highest BCUT2D eigenvalue weighted by Gasteiger charge is 2.10. The molecule has 2 amide bonds. The Hall–Kier alpha value is -4.59. The molecule has 0 saturated heterocycles. The summed E-state index contributed by atoms with van der Waals surface area (Å²) < 4.78 is 12.2. The molecule has 0 aliphatic rings. The van der Waals surface area contributed by atoms with Crippen LogP contribution >= 0.6 is 0 Å². The van der Waals surface area contributed by atoms with E-state index in [1.54, 1.807) is 53.2 Å². The summed E-state index contributed by atoms with van der Waals surface area (Å²) >= 11 is 0. The van der Waals surface area contributed by atoms with Gasteiger partial charge in [0.25, 0.3) is 17.4 Å². The Balaban J connectivity index is 1.23. The molecular weight excluding hydrogens is 434 g/mol. The molecule has 0 atom stereocenters. The number of carbonyl (C=O) groups excluding carboxylic acids is 2. The third kappa shape index (κ3) is 6.23. The van der Waals surface area contributed by atoms with Crippen LogP contribution in [0.5, 0.6) is 5.75 Å². The van der Waals surface area contributed by atoms with Crippen molar-refractivity contribution >= 4 is 17.5 Å². The van der Waals surface area contributed by atoms with E-state index < -0.39 is 0 Å². The Bertz CT molecular complexity index is 1310. The van der Waals surface area contributed by atoms with Gasteiger partial charge in [-0.2, -0.15) is 0 Å². The van der Waals surface area contributed by atoms with Gasteiger partial charge in [-0.15, -0.1) is 0 Å².